The predicted molar refractivity (Wildman–Crippen MR) is 371 cm³/mol. The van der Waals surface area contributed by atoms with E-state index in [0.717, 1.165) is 105 Å². The zero-order valence-electron chi connectivity index (χ0n) is 56.0. The molecule has 4 heterocycles. The van der Waals surface area contributed by atoms with Crippen LogP contribution in [0.5, 0.6) is 11.5 Å². The molecule has 0 aliphatic carbocycles. The molecule has 0 spiro atoms. The van der Waals surface area contributed by atoms with Gasteiger partial charge in [0.05, 0.1) is 33.4 Å². The van der Waals surface area contributed by atoms with Crippen LogP contribution in [0.25, 0.3) is 116 Å². The highest BCUT2D eigenvalue weighted by Crippen LogP contribution is 2.43. The van der Waals surface area contributed by atoms with E-state index in [-0.39, 0.29) is 27.2 Å². The van der Waals surface area contributed by atoms with Crippen molar-refractivity contribution in [1.29, 1.82) is 0 Å². The number of furan rings is 1. The average Bonchev–Trinajstić information content (AvgIpc) is 1.57. The smallest absolute Gasteiger partial charge is 0.269 e. The third-order valence-electron chi connectivity index (χ3n) is 17.7. The Morgan fingerprint density at radius 1 is 0.438 bits per heavy atom. The van der Waals surface area contributed by atoms with Crippen molar-refractivity contribution in [2.45, 2.75) is 112 Å². The lowest BCUT2D eigenvalue weighted by Gasteiger charge is -2.27. The fraction of sp³-hybridized carbons (Fsp3) is 0.205. The Labute approximate surface area is 527 Å². The van der Waals surface area contributed by atoms with Crippen LogP contribution in [-0.4, -0.2) is 14.1 Å². The highest BCUT2D eigenvalue weighted by atomic mass is 16.5. The summed E-state index contributed by atoms with van der Waals surface area (Å²) < 4.78 is 47.7. The lowest BCUT2D eigenvalue weighted by atomic mass is 9.78. The minimum Gasteiger partial charge on any atom is -0.458 e. The normalized spacial score (nSPS) is 13.2. The Balaban J connectivity index is 0.890. The van der Waals surface area contributed by atoms with Gasteiger partial charge >= 0.3 is 0 Å². The largest absolute Gasteiger partial charge is 0.458 e. The number of para-hydroxylation sites is 4. The minimum absolute atomic E-state index is 0.121. The lowest BCUT2D eigenvalue weighted by molar-refractivity contribution is -0.570. The van der Waals surface area contributed by atoms with Crippen molar-refractivity contribution in [3.8, 4) is 73.2 Å². The van der Waals surface area contributed by atoms with Crippen molar-refractivity contribution in [3.05, 3.63) is 259 Å². The fourth-order valence-corrected chi connectivity index (χ4v) is 12.6. The lowest BCUT2D eigenvalue weighted by Crippen LogP contribution is -2.30. The second-order valence-corrected chi connectivity index (χ2v) is 28.2. The summed E-state index contributed by atoms with van der Waals surface area (Å²) in [5, 5.41) is 4.03. The van der Waals surface area contributed by atoms with Gasteiger partial charge in [0, 0.05) is 43.5 Å². The van der Waals surface area contributed by atoms with Gasteiger partial charge in [-0.15, -0.1) is 0 Å². The molecule has 0 amide bonds. The number of imidazole rings is 1. The van der Waals surface area contributed by atoms with Crippen LogP contribution in [0.2, 0.25) is 0 Å². The molecule has 14 rings (SSSR count). The van der Waals surface area contributed by atoms with Gasteiger partial charge in [-0.05, 0) is 168 Å². The van der Waals surface area contributed by atoms with E-state index in [9.17, 15) is 4.11 Å². The van der Waals surface area contributed by atoms with Crippen molar-refractivity contribution in [2.24, 2.45) is 0 Å². The quantitative estimate of drug-likeness (QED) is 0.107. The first-order chi connectivity index (χ1) is 43.7. The molecule has 0 atom stereocenters. The van der Waals surface area contributed by atoms with Crippen LogP contribution in [0.3, 0.4) is 0 Å². The Kier molecular flexibility index (Phi) is 12.8. The van der Waals surface area contributed by atoms with Crippen molar-refractivity contribution < 1.29 is 17.8 Å². The molecule has 440 valence electrons. The summed E-state index contributed by atoms with van der Waals surface area (Å²) in [6.07, 6.45) is 5.57. The number of nitrogens with zero attached hydrogens (tertiary/aromatic N) is 4. The standard InChI is InChI=1S/C83H76N4O2/c1-52-38-77(84-50-70(52)58-40-54(56-42-59(80(2,3)4)46-60(43-56)81(5,6)7)39-55(41-58)57-44-61(82(8,9)10)47-62(45-57)83(11,12)13)87-71-30-19-17-28-67(71)68-35-34-65(49-74(68)87)88-64-27-23-26-63(48-64)85-51-86(73-32-21-20-31-72(73)85)79-66(53-24-15-14-16-25-53)36-37-76-78(79)69-29-18-22-33-75(69)89-76/h14-50H,1-13H3/i1D3. The van der Waals surface area contributed by atoms with E-state index in [1.807, 2.05) is 60.7 Å². The van der Waals surface area contributed by atoms with Crippen LogP contribution in [-0.2, 0) is 21.7 Å². The molecule has 4 aromatic heterocycles. The monoisotopic (exact) mass is 1160 g/mol. The molecule has 14 aromatic rings. The number of benzene rings is 10. The summed E-state index contributed by atoms with van der Waals surface area (Å²) >= 11 is 0. The van der Waals surface area contributed by atoms with E-state index in [1.54, 1.807) is 12.3 Å². The maximum atomic E-state index is 9.33. The summed E-state index contributed by atoms with van der Waals surface area (Å²) in [5.74, 6) is 1.72. The number of hydrogen-bond donors (Lipinski definition) is 0. The first-order valence-corrected chi connectivity index (χ1v) is 31.0. The molecule has 6 heteroatoms. The van der Waals surface area contributed by atoms with Crippen LogP contribution in [0.4, 0.5) is 0 Å². The topological polar surface area (TPSA) is 49.0 Å². The summed E-state index contributed by atoms with van der Waals surface area (Å²) in [5.41, 5.74) is 19.4. The molecule has 6 nitrogen and oxygen atoms in total. The highest BCUT2D eigenvalue weighted by molar-refractivity contribution is 6.12. The Bertz CT molecular complexity index is 5070. The van der Waals surface area contributed by atoms with Gasteiger partial charge in [0.25, 0.3) is 6.33 Å². The molecule has 0 aliphatic heterocycles. The Morgan fingerprint density at radius 3 is 1.65 bits per heavy atom. The molecule has 0 bridgehead atoms. The molecule has 0 saturated carbocycles. The van der Waals surface area contributed by atoms with Gasteiger partial charge in [-0.2, -0.15) is 0 Å². The minimum atomic E-state index is -2.52. The number of aromatic nitrogens is 4. The van der Waals surface area contributed by atoms with Gasteiger partial charge in [-0.1, -0.05) is 223 Å². The van der Waals surface area contributed by atoms with Gasteiger partial charge in [0.15, 0.2) is 0 Å². The SMILES string of the molecule is [2H]C([2H])([2H])c1cc(-n2c3ccccc3c3ccc(Oc4cccc(-n5[c-][n+](-c6c(-c7ccccc7)ccc7oc8ccccc8c67)c6ccccc65)c4)cc32)ncc1-c1cc(-c2cc(C(C)(C)C)cc(C(C)(C)C)c2)cc(-c2cc(C(C)(C)C)cc(C(C)(C)C)c2)c1. The number of rotatable bonds is 9. The van der Waals surface area contributed by atoms with Gasteiger partial charge in [-0.3, -0.25) is 13.7 Å². The number of hydrogen-bond acceptors (Lipinski definition) is 3. The molecule has 0 aliphatic rings. The van der Waals surface area contributed by atoms with E-state index in [2.05, 4.69) is 255 Å². The summed E-state index contributed by atoms with van der Waals surface area (Å²) in [6, 6.07) is 76.1. The molecule has 89 heavy (non-hydrogen) atoms. The Hall–Kier alpha value is -9.78. The summed E-state index contributed by atoms with van der Waals surface area (Å²) in [6.45, 7) is 24.6. The second kappa shape index (κ2) is 21.2. The van der Waals surface area contributed by atoms with Crippen LogP contribution in [0.1, 0.15) is 115 Å². The predicted octanol–water partition coefficient (Wildman–Crippen LogP) is 22.1. The van der Waals surface area contributed by atoms with Crippen LogP contribution in [0, 0.1) is 13.2 Å². The molecule has 0 saturated heterocycles. The van der Waals surface area contributed by atoms with Gasteiger partial charge in [-0.25, -0.2) is 4.98 Å². The molecular formula is C83H76N4O2. The fourth-order valence-electron chi connectivity index (χ4n) is 12.6. The van der Waals surface area contributed by atoms with Crippen LogP contribution in [0.15, 0.2) is 229 Å². The molecule has 0 unspecified atom stereocenters. The zero-order chi connectivity index (χ0) is 64.4. The first-order valence-electron chi connectivity index (χ1n) is 32.5. The molecule has 0 fully saturated rings. The number of fused-ring (bicyclic) bond motifs is 7. The number of ether oxygens (including phenoxy) is 1. The van der Waals surface area contributed by atoms with E-state index >= 15 is 0 Å². The maximum absolute atomic E-state index is 9.33. The van der Waals surface area contributed by atoms with E-state index in [0.29, 0.717) is 22.9 Å². The van der Waals surface area contributed by atoms with Gasteiger partial charge in [0.2, 0.25) is 0 Å². The zero-order valence-corrected chi connectivity index (χ0v) is 53.0. The van der Waals surface area contributed by atoms with Crippen molar-refractivity contribution in [2.75, 3.05) is 0 Å². The van der Waals surface area contributed by atoms with Crippen LogP contribution >= 0.6 is 0 Å². The van der Waals surface area contributed by atoms with Gasteiger partial charge < -0.3 is 9.15 Å². The molecule has 10 aromatic carbocycles. The average molecular weight is 1160 g/mol. The van der Waals surface area contributed by atoms with E-state index < -0.39 is 6.85 Å². The molecule has 0 radical (unpaired) electrons. The third kappa shape index (κ3) is 10.5. The first kappa shape index (κ1) is 53.5. The van der Waals surface area contributed by atoms with Crippen molar-refractivity contribution >= 4 is 54.8 Å². The maximum Gasteiger partial charge on any atom is 0.269 e. The summed E-state index contributed by atoms with van der Waals surface area (Å²) in [7, 11) is 0. The number of pyridine rings is 1. The van der Waals surface area contributed by atoms with Crippen molar-refractivity contribution in [1.82, 2.24) is 14.1 Å². The summed E-state index contributed by atoms with van der Waals surface area (Å²) in [4.78, 5) is 5.28. The van der Waals surface area contributed by atoms with Gasteiger partial charge in [0.1, 0.15) is 28.5 Å². The van der Waals surface area contributed by atoms with E-state index in [4.69, 9.17) is 14.1 Å². The molecular weight excluding hydrogens is 1080 g/mol. The Morgan fingerprint density at radius 2 is 1.00 bits per heavy atom. The number of aryl methyl sites for hydroxylation is 1. The highest BCUT2D eigenvalue weighted by Gasteiger charge is 2.26. The van der Waals surface area contributed by atoms with E-state index in [1.165, 1.54) is 22.3 Å². The van der Waals surface area contributed by atoms with Crippen LogP contribution < -0.4 is 9.30 Å². The van der Waals surface area contributed by atoms with Crippen molar-refractivity contribution in [3.63, 3.8) is 0 Å². The second-order valence-electron chi connectivity index (χ2n) is 28.2. The third-order valence-corrected chi connectivity index (χ3v) is 17.7. The molecule has 0 N–H and O–H groups in total.